The van der Waals surface area contributed by atoms with Crippen molar-refractivity contribution < 1.29 is 4.52 Å². The molecule has 14 heavy (non-hydrogen) atoms. The zero-order valence-corrected chi connectivity index (χ0v) is 7.43. The summed E-state index contributed by atoms with van der Waals surface area (Å²) in [5.74, 6) is 0.347. The van der Waals surface area contributed by atoms with Crippen LogP contribution in [0.15, 0.2) is 23.0 Å². The Hall–Kier alpha value is -2.22. The number of hydrogen-bond acceptors (Lipinski definition) is 5. The Morgan fingerprint density at radius 2 is 2.29 bits per heavy atom. The van der Waals surface area contributed by atoms with E-state index in [1.165, 1.54) is 0 Å². The summed E-state index contributed by atoms with van der Waals surface area (Å²) < 4.78 is 4.66. The Morgan fingerprint density at radius 1 is 1.43 bits per heavy atom. The Morgan fingerprint density at radius 3 is 2.93 bits per heavy atom. The number of nitrogens with zero attached hydrogens (tertiary/aromatic N) is 4. The maximum absolute atomic E-state index is 8.49. The zero-order chi connectivity index (χ0) is 9.97. The predicted molar refractivity (Wildman–Crippen MR) is 47.0 cm³/mol. The van der Waals surface area contributed by atoms with E-state index < -0.39 is 0 Å². The Balaban J connectivity index is 2.45. The van der Waals surface area contributed by atoms with E-state index in [4.69, 9.17) is 5.26 Å². The number of aromatic nitrogens is 3. The first-order valence-electron chi connectivity index (χ1n) is 3.95. The first kappa shape index (κ1) is 8.38. The van der Waals surface area contributed by atoms with Crippen molar-refractivity contribution in [3.05, 3.63) is 29.9 Å². The van der Waals surface area contributed by atoms with Crippen LogP contribution >= 0.6 is 0 Å². The Bertz CT molecular complexity index is 498. The van der Waals surface area contributed by atoms with Crippen LogP contribution in [0.1, 0.15) is 11.5 Å². The summed E-state index contributed by atoms with van der Waals surface area (Å²) in [7, 11) is 0. The molecule has 2 rings (SSSR count). The molecular formula is C9H6N4O. The van der Waals surface area contributed by atoms with Crippen molar-refractivity contribution in [1.29, 1.82) is 5.26 Å². The molecule has 2 aromatic rings. The maximum Gasteiger partial charge on any atom is 0.329 e. The van der Waals surface area contributed by atoms with Gasteiger partial charge >= 0.3 is 5.89 Å². The lowest BCUT2D eigenvalue weighted by atomic mass is 10.2. The number of rotatable bonds is 1. The molecule has 0 amide bonds. The van der Waals surface area contributed by atoms with Crippen molar-refractivity contribution in [2.45, 2.75) is 6.92 Å². The monoisotopic (exact) mass is 186 g/mol. The van der Waals surface area contributed by atoms with E-state index in [2.05, 4.69) is 19.6 Å². The van der Waals surface area contributed by atoms with Gasteiger partial charge in [0, 0.05) is 18.0 Å². The highest BCUT2D eigenvalue weighted by atomic mass is 16.5. The van der Waals surface area contributed by atoms with Gasteiger partial charge < -0.3 is 4.52 Å². The van der Waals surface area contributed by atoms with Gasteiger partial charge in [-0.2, -0.15) is 10.2 Å². The molecule has 0 aliphatic heterocycles. The highest BCUT2D eigenvalue weighted by molar-refractivity contribution is 5.53. The molecule has 0 unspecified atom stereocenters. The van der Waals surface area contributed by atoms with Crippen molar-refractivity contribution in [2.24, 2.45) is 0 Å². The average Bonchev–Trinajstić information content (AvgIpc) is 2.66. The third-order valence-electron chi connectivity index (χ3n) is 1.65. The molecule has 0 spiro atoms. The normalized spacial score (nSPS) is 9.71. The number of aryl methyl sites for hydroxylation is 1. The molecule has 0 aliphatic carbocycles. The lowest BCUT2D eigenvalue weighted by Crippen LogP contribution is -1.84. The van der Waals surface area contributed by atoms with Crippen molar-refractivity contribution >= 4 is 0 Å². The van der Waals surface area contributed by atoms with Gasteiger partial charge in [-0.25, -0.2) is 0 Å². The summed E-state index contributed by atoms with van der Waals surface area (Å²) in [6.45, 7) is 1.92. The van der Waals surface area contributed by atoms with Crippen LogP contribution in [-0.4, -0.2) is 15.1 Å². The second-order valence-corrected chi connectivity index (χ2v) is 2.79. The molecule has 0 atom stereocenters. The molecule has 0 radical (unpaired) electrons. The van der Waals surface area contributed by atoms with Gasteiger partial charge in [-0.05, 0) is 18.6 Å². The van der Waals surface area contributed by atoms with E-state index >= 15 is 0 Å². The van der Waals surface area contributed by atoms with Crippen LogP contribution in [0.3, 0.4) is 0 Å². The van der Waals surface area contributed by atoms with Gasteiger partial charge in [0.05, 0.1) is 0 Å². The highest BCUT2D eigenvalue weighted by Crippen LogP contribution is 2.14. The van der Waals surface area contributed by atoms with E-state index in [0.717, 1.165) is 11.1 Å². The first-order chi connectivity index (χ1) is 6.79. The summed E-state index contributed by atoms with van der Waals surface area (Å²) in [6, 6.07) is 3.65. The van der Waals surface area contributed by atoms with Crippen LogP contribution in [0.4, 0.5) is 0 Å². The van der Waals surface area contributed by atoms with Gasteiger partial charge in [-0.1, -0.05) is 5.16 Å². The zero-order valence-electron chi connectivity index (χ0n) is 7.43. The van der Waals surface area contributed by atoms with Gasteiger partial charge in [-0.3, -0.25) is 4.98 Å². The minimum atomic E-state index is -0.0403. The molecule has 0 aliphatic rings. The number of nitriles is 1. The van der Waals surface area contributed by atoms with Crippen molar-refractivity contribution in [3.63, 3.8) is 0 Å². The second-order valence-electron chi connectivity index (χ2n) is 2.79. The topological polar surface area (TPSA) is 75.6 Å². The summed E-state index contributed by atoms with van der Waals surface area (Å²) >= 11 is 0. The van der Waals surface area contributed by atoms with Crippen LogP contribution in [0.25, 0.3) is 11.4 Å². The summed E-state index contributed by atoms with van der Waals surface area (Å²) in [6.07, 6.45) is 3.35. The molecule has 2 aromatic heterocycles. The Labute approximate surface area is 80.0 Å². The maximum atomic E-state index is 8.49. The van der Waals surface area contributed by atoms with E-state index in [9.17, 15) is 0 Å². The highest BCUT2D eigenvalue weighted by Gasteiger charge is 2.07. The number of pyridine rings is 1. The fraction of sp³-hybridized carbons (Fsp3) is 0.111. The molecule has 5 nitrogen and oxygen atoms in total. The first-order valence-corrected chi connectivity index (χ1v) is 3.95. The molecule has 0 bridgehead atoms. The SMILES string of the molecule is Cc1cncc(-c2noc(C#N)n2)c1. The molecule has 0 N–H and O–H groups in total. The third kappa shape index (κ3) is 1.45. The summed E-state index contributed by atoms with van der Waals surface area (Å²) in [4.78, 5) is 7.85. The van der Waals surface area contributed by atoms with Crippen molar-refractivity contribution in [1.82, 2.24) is 15.1 Å². The van der Waals surface area contributed by atoms with Crippen LogP contribution in [-0.2, 0) is 0 Å². The van der Waals surface area contributed by atoms with Gasteiger partial charge in [0.25, 0.3) is 0 Å². The van der Waals surface area contributed by atoms with Gasteiger partial charge in [0.15, 0.2) is 6.07 Å². The van der Waals surface area contributed by atoms with E-state index in [1.54, 1.807) is 18.5 Å². The standard InChI is InChI=1S/C9H6N4O/c1-6-2-7(5-11-4-6)9-12-8(3-10)14-13-9/h2,4-5H,1H3. The van der Waals surface area contributed by atoms with Gasteiger partial charge in [-0.15, -0.1) is 0 Å². The van der Waals surface area contributed by atoms with E-state index in [0.29, 0.717) is 5.82 Å². The van der Waals surface area contributed by atoms with Crippen LogP contribution < -0.4 is 0 Å². The molecule has 5 heteroatoms. The largest absolute Gasteiger partial charge is 0.329 e. The van der Waals surface area contributed by atoms with Crippen molar-refractivity contribution in [2.75, 3.05) is 0 Å². The second kappa shape index (κ2) is 3.26. The molecule has 2 heterocycles. The van der Waals surface area contributed by atoms with Crippen molar-refractivity contribution in [3.8, 4) is 17.5 Å². The quantitative estimate of drug-likeness (QED) is 0.671. The summed E-state index contributed by atoms with van der Waals surface area (Å²) in [5, 5.41) is 12.1. The predicted octanol–water partition coefficient (Wildman–Crippen LogP) is 1.31. The molecule has 0 saturated carbocycles. The van der Waals surface area contributed by atoms with Crippen LogP contribution in [0.2, 0.25) is 0 Å². The molecule has 0 saturated heterocycles. The Kier molecular flexibility index (Phi) is 1.95. The minimum Gasteiger partial charge on any atom is -0.322 e. The lowest BCUT2D eigenvalue weighted by Gasteiger charge is -1.93. The lowest BCUT2D eigenvalue weighted by molar-refractivity contribution is 0.408. The third-order valence-corrected chi connectivity index (χ3v) is 1.65. The van der Waals surface area contributed by atoms with Crippen LogP contribution in [0, 0.1) is 18.3 Å². The van der Waals surface area contributed by atoms with Gasteiger partial charge in [0.1, 0.15) is 0 Å². The van der Waals surface area contributed by atoms with Crippen LogP contribution in [0.5, 0.6) is 0 Å². The van der Waals surface area contributed by atoms with E-state index in [1.807, 2.05) is 13.0 Å². The van der Waals surface area contributed by atoms with Gasteiger partial charge in [0.2, 0.25) is 5.82 Å². The summed E-state index contributed by atoms with van der Waals surface area (Å²) in [5.41, 5.74) is 1.75. The minimum absolute atomic E-state index is 0.0403. The fourth-order valence-electron chi connectivity index (χ4n) is 1.06. The fourth-order valence-corrected chi connectivity index (χ4v) is 1.06. The van der Waals surface area contributed by atoms with E-state index in [-0.39, 0.29) is 5.89 Å². The molecule has 0 fully saturated rings. The smallest absolute Gasteiger partial charge is 0.322 e. The number of hydrogen-bond donors (Lipinski definition) is 0. The molecular weight excluding hydrogens is 180 g/mol. The molecule has 0 aromatic carbocycles. The average molecular weight is 186 g/mol. The molecule has 68 valence electrons.